The lowest BCUT2D eigenvalue weighted by Crippen LogP contribution is -2.38. The number of nitrogens with one attached hydrogen (secondary N) is 2. The Bertz CT molecular complexity index is 716. The first-order valence-electron chi connectivity index (χ1n) is 8.91. The Morgan fingerprint density at radius 3 is 2.62 bits per heavy atom. The second-order valence-electron chi connectivity index (χ2n) is 6.43. The summed E-state index contributed by atoms with van der Waals surface area (Å²) in [7, 11) is 5.80. The van der Waals surface area contributed by atoms with Crippen LogP contribution >= 0.6 is 22.7 Å². The molecule has 0 radical (unpaired) electrons. The Hall–Kier alpha value is -1.87. The molecule has 1 aliphatic heterocycles. The lowest BCUT2D eigenvalue weighted by atomic mass is 10.3. The van der Waals surface area contributed by atoms with Crippen molar-refractivity contribution in [1.29, 1.82) is 0 Å². The van der Waals surface area contributed by atoms with E-state index in [0.29, 0.717) is 6.54 Å². The largest absolute Gasteiger partial charge is 0.356 e. The van der Waals surface area contributed by atoms with Gasteiger partial charge in [0.25, 0.3) is 0 Å². The molecule has 0 unspecified atom stereocenters. The molecule has 1 aliphatic rings. The number of nitrogens with zero attached hydrogens (tertiary/aromatic N) is 5. The number of aliphatic imine (C=N–C) groups is 1. The summed E-state index contributed by atoms with van der Waals surface area (Å²) in [5.41, 5.74) is 2.17. The molecule has 9 heteroatoms. The molecular formula is C17H27N7S2. The standard InChI is InChI=1S/C17H27N7S2/c1-18-15(20-10-14-12-25-16(22-14)23(2)3)19-7-6-13-11-26-17(21-13)24-8-4-5-9-24/h11-12H,4-10H2,1-3H3,(H2,18,19,20). The van der Waals surface area contributed by atoms with Gasteiger partial charge in [-0.05, 0) is 12.8 Å². The van der Waals surface area contributed by atoms with E-state index in [1.807, 2.05) is 19.0 Å². The van der Waals surface area contributed by atoms with Gasteiger partial charge in [0.2, 0.25) is 0 Å². The number of guanidine groups is 1. The average Bonchev–Trinajstić information content (AvgIpc) is 3.39. The maximum Gasteiger partial charge on any atom is 0.191 e. The van der Waals surface area contributed by atoms with Crippen LogP contribution in [0.5, 0.6) is 0 Å². The van der Waals surface area contributed by atoms with Gasteiger partial charge in [-0.25, -0.2) is 9.97 Å². The Morgan fingerprint density at radius 1 is 1.15 bits per heavy atom. The van der Waals surface area contributed by atoms with Crippen molar-refractivity contribution in [3.63, 3.8) is 0 Å². The van der Waals surface area contributed by atoms with E-state index in [-0.39, 0.29) is 0 Å². The van der Waals surface area contributed by atoms with Crippen LogP contribution in [0, 0.1) is 0 Å². The zero-order chi connectivity index (χ0) is 18.4. The molecule has 142 valence electrons. The van der Waals surface area contributed by atoms with E-state index in [4.69, 9.17) is 4.98 Å². The van der Waals surface area contributed by atoms with Gasteiger partial charge < -0.3 is 20.4 Å². The normalized spacial score (nSPS) is 14.7. The molecule has 0 atom stereocenters. The monoisotopic (exact) mass is 393 g/mol. The summed E-state index contributed by atoms with van der Waals surface area (Å²) in [5.74, 6) is 0.791. The lowest BCUT2D eigenvalue weighted by Gasteiger charge is -2.12. The topological polar surface area (TPSA) is 68.7 Å². The van der Waals surface area contributed by atoms with Gasteiger partial charge >= 0.3 is 0 Å². The molecule has 0 aromatic carbocycles. The fraction of sp³-hybridized carbons (Fsp3) is 0.588. The molecule has 0 amide bonds. The number of thiazole rings is 2. The highest BCUT2D eigenvalue weighted by Gasteiger charge is 2.15. The Labute approximate surface area is 163 Å². The van der Waals surface area contributed by atoms with Crippen LogP contribution in [0.2, 0.25) is 0 Å². The van der Waals surface area contributed by atoms with E-state index < -0.39 is 0 Å². The van der Waals surface area contributed by atoms with Gasteiger partial charge in [0.1, 0.15) is 0 Å². The number of aromatic nitrogens is 2. The summed E-state index contributed by atoms with van der Waals surface area (Å²) >= 11 is 3.40. The summed E-state index contributed by atoms with van der Waals surface area (Å²) in [5, 5.41) is 13.1. The number of rotatable bonds is 7. The van der Waals surface area contributed by atoms with Crippen LogP contribution in [0.4, 0.5) is 10.3 Å². The molecule has 2 N–H and O–H groups in total. The van der Waals surface area contributed by atoms with Gasteiger partial charge in [0, 0.05) is 58.0 Å². The lowest BCUT2D eigenvalue weighted by molar-refractivity contribution is 0.778. The van der Waals surface area contributed by atoms with Crippen molar-refractivity contribution < 1.29 is 0 Å². The first kappa shape index (κ1) is 18.9. The van der Waals surface area contributed by atoms with Crippen molar-refractivity contribution in [2.75, 3.05) is 50.6 Å². The third-order valence-corrected chi connectivity index (χ3v) is 6.18. The molecule has 7 nitrogen and oxygen atoms in total. The van der Waals surface area contributed by atoms with Crippen LogP contribution in [0.25, 0.3) is 0 Å². The van der Waals surface area contributed by atoms with Crippen LogP contribution in [-0.2, 0) is 13.0 Å². The molecule has 0 aliphatic carbocycles. The maximum atomic E-state index is 4.76. The van der Waals surface area contributed by atoms with Gasteiger partial charge in [-0.1, -0.05) is 0 Å². The Morgan fingerprint density at radius 2 is 1.92 bits per heavy atom. The highest BCUT2D eigenvalue weighted by atomic mass is 32.1. The smallest absolute Gasteiger partial charge is 0.191 e. The summed E-state index contributed by atoms with van der Waals surface area (Å²) < 4.78 is 0. The molecule has 1 fully saturated rings. The van der Waals surface area contributed by atoms with Crippen molar-refractivity contribution in [3.8, 4) is 0 Å². The maximum absolute atomic E-state index is 4.76. The van der Waals surface area contributed by atoms with Crippen molar-refractivity contribution >= 4 is 38.9 Å². The molecule has 26 heavy (non-hydrogen) atoms. The minimum Gasteiger partial charge on any atom is -0.356 e. The van der Waals surface area contributed by atoms with Gasteiger partial charge in [0.15, 0.2) is 16.2 Å². The third-order valence-electron chi connectivity index (χ3n) is 4.17. The van der Waals surface area contributed by atoms with Gasteiger partial charge in [-0.3, -0.25) is 4.99 Å². The zero-order valence-corrected chi connectivity index (χ0v) is 17.3. The summed E-state index contributed by atoms with van der Waals surface area (Å²) in [4.78, 5) is 18.0. The van der Waals surface area contributed by atoms with Crippen molar-refractivity contribution in [1.82, 2.24) is 20.6 Å². The number of anilines is 2. The summed E-state index contributed by atoms with van der Waals surface area (Å²) in [6, 6.07) is 0. The average molecular weight is 394 g/mol. The molecule has 2 aromatic heterocycles. The summed E-state index contributed by atoms with van der Waals surface area (Å²) in [6.07, 6.45) is 3.47. The van der Waals surface area contributed by atoms with Crippen LogP contribution < -0.4 is 20.4 Å². The van der Waals surface area contributed by atoms with Gasteiger partial charge in [-0.2, -0.15) is 0 Å². The predicted molar refractivity (Wildman–Crippen MR) is 112 cm³/mol. The minimum absolute atomic E-state index is 0.666. The Balaban J connectivity index is 1.41. The molecular weight excluding hydrogens is 366 g/mol. The fourth-order valence-electron chi connectivity index (χ4n) is 2.75. The van der Waals surface area contributed by atoms with Gasteiger partial charge in [0.05, 0.1) is 17.9 Å². The van der Waals surface area contributed by atoms with E-state index in [0.717, 1.165) is 48.5 Å². The van der Waals surface area contributed by atoms with E-state index in [2.05, 4.69) is 36.3 Å². The van der Waals surface area contributed by atoms with E-state index in [1.165, 1.54) is 18.0 Å². The highest BCUT2D eigenvalue weighted by Crippen LogP contribution is 2.24. The first-order valence-corrected chi connectivity index (χ1v) is 10.7. The molecule has 3 rings (SSSR count). The van der Waals surface area contributed by atoms with E-state index in [9.17, 15) is 0 Å². The number of hydrogen-bond acceptors (Lipinski definition) is 7. The fourth-order valence-corrected chi connectivity index (χ4v) is 4.42. The quantitative estimate of drug-likeness (QED) is 0.555. The molecule has 0 saturated carbocycles. The molecule has 3 heterocycles. The van der Waals surface area contributed by atoms with Crippen molar-refractivity contribution in [2.24, 2.45) is 4.99 Å². The van der Waals surface area contributed by atoms with E-state index in [1.54, 1.807) is 29.7 Å². The summed E-state index contributed by atoms with van der Waals surface area (Å²) in [6.45, 7) is 3.77. The molecule has 2 aromatic rings. The SMILES string of the molecule is CN=C(NCCc1csc(N2CCCC2)n1)NCc1csc(N(C)C)n1. The van der Waals surface area contributed by atoms with Crippen LogP contribution in [0.15, 0.2) is 15.8 Å². The first-order chi connectivity index (χ1) is 12.7. The second-order valence-corrected chi connectivity index (χ2v) is 8.11. The molecule has 0 spiro atoms. The predicted octanol–water partition coefficient (Wildman–Crippen LogP) is 2.17. The Kier molecular flexibility index (Phi) is 6.67. The zero-order valence-electron chi connectivity index (χ0n) is 15.7. The van der Waals surface area contributed by atoms with Gasteiger partial charge in [-0.15, -0.1) is 22.7 Å². The van der Waals surface area contributed by atoms with Crippen LogP contribution in [0.1, 0.15) is 24.2 Å². The highest BCUT2D eigenvalue weighted by molar-refractivity contribution is 7.14. The van der Waals surface area contributed by atoms with Crippen molar-refractivity contribution in [3.05, 3.63) is 22.1 Å². The van der Waals surface area contributed by atoms with Crippen LogP contribution in [-0.4, -0.2) is 56.7 Å². The van der Waals surface area contributed by atoms with E-state index >= 15 is 0 Å². The minimum atomic E-state index is 0.666. The number of hydrogen-bond donors (Lipinski definition) is 2. The second kappa shape index (κ2) is 9.18. The molecule has 0 bridgehead atoms. The molecule has 1 saturated heterocycles. The van der Waals surface area contributed by atoms with Crippen LogP contribution in [0.3, 0.4) is 0 Å². The third kappa shape index (κ3) is 5.07. The van der Waals surface area contributed by atoms with Crippen molar-refractivity contribution in [2.45, 2.75) is 25.8 Å².